The lowest BCUT2D eigenvalue weighted by Gasteiger charge is -2.10. The number of hydrogen-bond donors (Lipinski definition) is 0. The molecule has 0 aromatic heterocycles. The number of carbonyl (C=O) groups excluding carboxylic acids is 1. The lowest BCUT2D eigenvalue weighted by molar-refractivity contribution is 0.0994. The van der Waals surface area contributed by atoms with Gasteiger partial charge in [0.25, 0.3) is 0 Å². The molecule has 0 radical (unpaired) electrons. The molecule has 0 heterocycles. The Labute approximate surface area is 117 Å². The van der Waals surface area contributed by atoms with Gasteiger partial charge in [0, 0.05) is 24.6 Å². The van der Waals surface area contributed by atoms with E-state index in [1.807, 2.05) is 18.2 Å². The Morgan fingerprint density at radius 1 is 1.47 bits per heavy atom. The summed E-state index contributed by atoms with van der Waals surface area (Å²) < 4.78 is 5.72. The third-order valence-electron chi connectivity index (χ3n) is 2.79. The molecule has 0 fully saturated rings. The van der Waals surface area contributed by atoms with Crippen molar-refractivity contribution in [2.45, 2.75) is 25.3 Å². The summed E-state index contributed by atoms with van der Waals surface area (Å²) in [7, 11) is 1.64. The monoisotopic (exact) mass is 278 g/mol. The van der Waals surface area contributed by atoms with E-state index in [-0.39, 0.29) is 5.78 Å². The van der Waals surface area contributed by atoms with Gasteiger partial charge >= 0.3 is 0 Å². The minimum absolute atomic E-state index is 0.161. The van der Waals surface area contributed by atoms with Crippen LogP contribution >= 0.6 is 11.6 Å². The summed E-state index contributed by atoms with van der Waals surface area (Å²) in [6, 6.07) is 5.46. The highest BCUT2D eigenvalue weighted by molar-refractivity contribution is 6.29. The fourth-order valence-corrected chi connectivity index (χ4v) is 2.13. The van der Waals surface area contributed by atoms with E-state index in [1.165, 1.54) is 6.21 Å². The van der Waals surface area contributed by atoms with Crippen LogP contribution in [0, 0.1) is 0 Å². The number of ketones is 1. The second kappa shape index (κ2) is 5.97. The van der Waals surface area contributed by atoms with E-state index in [9.17, 15) is 4.79 Å². The molecule has 5 heteroatoms. The summed E-state index contributed by atoms with van der Waals surface area (Å²) in [5.74, 6) is 1.16. The van der Waals surface area contributed by atoms with Crippen molar-refractivity contribution in [1.82, 2.24) is 0 Å². The maximum Gasteiger partial charge on any atom is 0.234 e. The van der Waals surface area contributed by atoms with E-state index in [0.29, 0.717) is 24.5 Å². The topological polar surface area (TPSA) is 51.0 Å². The number of alkyl halides is 1. The molecule has 0 saturated heterocycles. The first-order chi connectivity index (χ1) is 9.11. The average molecular weight is 279 g/mol. The lowest BCUT2D eigenvalue weighted by atomic mass is 10.1. The number of halogens is 1. The molecule has 1 aliphatic carbocycles. The van der Waals surface area contributed by atoms with Crippen LogP contribution in [0.2, 0.25) is 0 Å². The van der Waals surface area contributed by atoms with Crippen LogP contribution in [-0.2, 0) is 6.42 Å². The van der Waals surface area contributed by atoms with Gasteiger partial charge in [0.15, 0.2) is 5.78 Å². The van der Waals surface area contributed by atoms with Gasteiger partial charge in [-0.1, -0.05) is 23.7 Å². The Hall–Kier alpha value is -1.68. The van der Waals surface area contributed by atoms with Crippen molar-refractivity contribution >= 4 is 29.5 Å². The van der Waals surface area contributed by atoms with Gasteiger partial charge in [0.05, 0.1) is 6.21 Å². The van der Waals surface area contributed by atoms with Crippen LogP contribution in [0.15, 0.2) is 28.2 Å². The van der Waals surface area contributed by atoms with Gasteiger partial charge in [0.2, 0.25) is 5.90 Å². The van der Waals surface area contributed by atoms with Crippen molar-refractivity contribution in [3.05, 3.63) is 29.3 Å². The summed E-state index contributed by atoms with van der Waals surface area (Å²) in [5, 5.41) is 0. The lowest BCUT2D eigenvalue weighted by Crippen LogP contribution is -2.13. The minimum Gasteiger partial charge on any atom is -0.437 e. The van der Waals surface area contributed by atoms with Gasteiger partial charge < -0.3 is 4.74 Å². The van der Waals surface area contributed by atoms with E-state index < -0.39 is 5.50 Å². The Morgan fingerprint density at radius 2 is 2.26 bits per heavy atom. The number of Topliss-reactive ketones (excluding diaryl/α,β-unsaturated/α-hetero) is 1. The number of benzene rings is 1. The van der Waals surface area contributed by atoms with Crippen molar-refractivity contribution in [1.29, 1.82) is 0 Å². The molecule has 0 spiro atoms. The van der Waals surface area contributed by atoms with Gasteiger partial charge in [-0.05, 0) is 19.4 Å². The van der Waals surface area contributed by atoms with Crippen LogP contribution in [0.4, 0.5) is 0 Å². The zero-order valence-corrected chi connectivity index (χ0v) is 11.6. The summed E-state index contributed by atoms with van der Waals surface area (Å²) in [4.78, 5) is 19.7. The van der Waals surface area contributed by atoms with Gasteiger partial charge in [0.1, 0.15) is 11.3 Å². The van der Waals surface area contributed by atoms with Crippen molar-refractivity contribution in [2.24, 2.45) is 9.98 Å². The van der Waals surface area contributed by atoms with Gasteiger partial charge in [-0.3, -0.25) is 9.79 Å². The molecular formula is C14H15ClN2O2. The Bertz CT molecular complexity index is 550. The Balaban J connectivity index is 2.31. The molecule has 0 amide bonds. The SMILES string of the molecule is C/N=C\C(=N/C(C)Cl)Oc1cccc2c1CCC2=O. The standard InChI is InChI=1S/C14H15ClN2O2/c1-9(15)17-14(8-16-2)19-13-5-3-4-10-11(13)6-7-12(10)18/h3-5,8-9H,6-7H2,1-2H3/b16-8-,17-14+. The third-order valence-corrected chi connectivity index (χ3v) is 2.89. The van der Waals surface area contributed by atoms with E-state index in [0.717, 1.165) is 11.1 Å². The normalized spacial score (nSPS) is 16.8. The maximum atomic E-state index is 11.7. The summed E-state index contributed by atoms with van der Waals surface area (Å²) in [6.45, 7) is 1.74. The van der Waals surface area contributed by atoms with Gasteiger partial charge in [-0.15, -0.1) is 0 Å². The molecule has 0 aliphatic heterocycles. The van der Waals surface area contributed by atoms with Crippen molar-refractivity contribution < 1.29 is 9.53 Å². The Morgan fingerprint density at radius 3 is 2.95 bits per heavy atom. The zero-order valence-electron chi connectivity index (χ0n) is 10.9. The van der Waals surface area contributed by atoms with Crippen LogP contribution in [-0.4, -0.2) is 30.4 Å². The predicted molar refractivity (Wildman–Crippen MR) is 76.9 cm³/mol. The molecule has 1 atom stereocenters. The highest BCUT2D eigenvalue weighted by Gasteiger charge is 2.23. The first kappa shape index (κ1) is 13.7. The molecule has 0 bridgehead atoms. The van der Waals surface area contributed by atoms with Gasteiger partial charge in [-0.25, -0.2) is 4.99 Å². The second-order valence-corrected chi connectivity index (χ2v) is 4.87. The highest BCUT2D eigenvalue weighted by atomic mass is 35.5. The van der Waals surface area contributed by atoms with E-state index >= 15 is 0 Å². The molecule has 1 aliphatic rings. The number of aliphatic imine (C=N–C) groups is 2. The maximum absolute atomic E-state index is 11.7. The Kier molecular flexibility index (Phi) is 4.32. The molecule has 1 aromatic rings. The number of carbonyl (C=O) groups is 1. The first-order valence-electron chi connectivity index (χ1n) is 6.08. The molecule has 0 saturated carbocycles. The highest BCUT2D eigenvalue weighted by Crippen LogP contribution is 2.30. The van der Waals surface area contributed by atoms with E-state index in [4.69, 9.17) is 16.3 Å². The fraction of sp³-hybridized carbons (Fsp3) is 0.357. The van der Waals surface area contributed by atoms with Gasteiger partial charge in [-0.2, -0.15) is 0 Å². The molecule has 0 N–H and O–H groups in total. The summed E-state index contributed by atoms with van der Waals surface area (Å²) in [6.07, 6.45) is 2.75. The van der Waals surface area contributed by atoms with Crippen molar-refractivity contribution in [2.75, 3.05) is 7.05 Å². The summed E-state index contributed by atoms with van der Waals surface area (Å²) in [5.41, 5.74) is 1.28. The van der Waals surface area contributed by atoms with E-state index in [1.54, 1.807) is 14.0 Å². The van der Waals surface area contributed by atoms with Crippen molar-refractivity contribution in [3.63, 3.8) is 0 Å². The third kappa shape index (κ3) is 3.20. The quantitative estimate of drug-likeness (QED) is 0.369. The number of fused-ring (bicyclic) bond motifs is 1. The molecular weight excluding hydrogens is 264 g/mol. The second-order valence-electron chi connectivity index (χ2n) is 4.24. The first-order valence-corrected chi connectivity index (χ1v) is 6.52. The van der Waals surface area contributed by atoms with Crippen LogP contribution in [0.3, 0.4) is 0 Å². The van der Waals surface area contributed by atoms with Crippen LogP contribution in [0.1, 0.15) is 29.3 Å². The average Bonchev–Trinajstić information content (AvgIpc) is 2.72. The molecule has 4 nitrogen and oxygen atoms in total. The van der Waals surface area contributed by atoms with Crippen LogP contribution in [0.25, 0.3) is 0 Å². The molecule has 100 valence electrons. The molecule has 2 rings (SSSR count). The number of ether oxygens (including phenoxy) is 1. The predicted octanol–water partition coefficient (Wildman–Crippen LogP) is 2.88. The number of nitrogens with zero attached hydrogens (tertiary/aromatic N) is 2. The molecule has 1 unspecified atom stereocenters. The minimum atomic E-state index is -0.397. The van der Waals surface area contributed by atoms with Crippen LogP contribution in [0.5, 0.6) is 5.75 Å². The van der Waals surface area contributed by atoms with E-state index in [2.05, 4.69) is 9.98 Å². The van der Waals surface area contributed by atoms with Crippen molar-refractivity contribution in [3.8, 4) is 5.75 Å². The largest absolute Gasteiger partial charge is 0.437 e. The molecule has 1 aromatic carbocycles. The number of hydrogen-bond acceptors (Lipinski definition) is 4. The fourth-order valence-electron chi connectivity index (χ4n) is 2.04. The number of rotatable bonds is 3. The molecule has 19 heavy (non-hydrogen) atoms. The zero-order chi connectivity index (χ0) is 13.8. The van der Waals surface area contributed by atoms with Crippen LogP contribution < -0.4 is 4.74 Å². The summed E-state index contributed by atoms with van der Waals surface area (Å²) >= 11 is 5.83. The smallest absolute Gasteiger partial charge is 0.234 e.